The fourth-order valence-electron chi connectivity index (χ4n) is 12.5. The number of fused-ring (bicyclic) bond motifs is 6. The Hall–Kier alpha value is -6.31. The van der Waals surface area contributed by atoms with Gasteiger partial charge in [0, 0.05) is 68.8 Å². The minimum Gasteiger partial charge on any atom is -0.593 e. The number of carbonyl (C=O) groups excluding carboxylic acids is 5. The van der Waals surface area contributed by atoms with E-state index in [-0.39, 0.29) is 61.8 Å². The van der Waals surface area contributed by atoms with Gasteiger partial charge in [0.15, 0.2) is 10.9 Å². The van der Waals surface area contributed by atoms with E-state index in [1.54, 1.807) is 43.8 Å². The first-order chi connectivity index (χ1) is 37.9. The number of esters is 1. The predicted molar refractivity (Wildman–Crippen MR) is 301 cm³/mol. The summed E-state index contributed by atoms with van der Waals surface area (Å²) in [6, 6.07) is 19.1. The second-order valence-corrected chi connectivity index (χ2v) is 24.8. The lowest BCUT2D eigenvalue weighted by Gasteiger charge is -2.37. The molecule has 5 aromatic rings. The number of nitrogens with one attached hydrogen (secondary N) is 2. The van der Waals surface area contributed by atoms with E-state index >= 15 is 9.59 Å². The zero-order valence-electron chi connectivity index (χ0n) is 46.8. The number of rotatable bonds is 14. The van der Waals surface area contributed by atoms with Crippen molar-refractivity contribution in [3.63, 3.8) is 0 Å². The van der Waals surface area contributed by atoms with Gasteiger partial charge in [0.05, 0.1) is 48.0 Å². The third-order valence-corrected chi connectivity index (χ3v) is 18.5. The van der Waals surface area contributed by atoms with Crippen LogP contribution in [0.25, 0.3) is 33.3 Å². The minimum atomic E-state index is -1.55. The maximum atomic E-state index is 15.1. The summed E-state index contributed by atoms with van der Waals surface area (Å²) in [6.07, 6.45) is 7.88. The van der Waals surface area contributed by atoms with Crippen LogP contribution in [0.2, 0.25) is 0 Å². The molecule has 79 heavy (non-hydrogen) atoms. The normalized spacial score (nSPS) is 23.6. The molecule has 2 saturated heterocycles. The SMILES string of the molecule is CCn1c(-c2cccnc2[C@H](C)OC)c2c3cc(ccc31)-c1cc(O)cc(c1)C[C@H](NC(=O)[C@H](C1CCCC1)N(C)C(=O)CN(C)C(=O)[C@H]1[C@@H](C3CC3)N1[S+]([O-])c1ccc(C)cc1)C(=O)N1CCC[C@H](N1)C(=O)OCC(C)(C)C2. The number of hydrogen-bond acceptors (Lipinski definition) is 12. The number of cyclic esters (lactones) is 1. The second kappa shape index (κ2) is 23.0. The van der Waals surface area contributed by atoms with Crippen molar-refractivity contribution in [2.24, 2.45) is 17.3 Å². The molecule has 5 aliphatic rings. The molecule has 3 N–H and O–H groups in total. The van der Waals surface area contributed by atoms with E-state index in [1.807, 2.05) is 56.3 Å². The Balaban J connectivity index is 0.963. The largest absolute Gasteiger partial charge is 0.593 e. The van der Waals surface area contributed by atoms with Crippen LogP contribution in [-0.2, 0) is 64.2 Å². The molecule has 18 heteroatoms. The number of likely N-dealkylation sites (N-methyl/N-ethyl adjacent to an activating group) is 2. The Morgan fingerprint density at radius 3 is 2.44 bits per heavy atom. The fraction of sp³-hybridized carbons (Fsp3) is 0.508. The van der Waals surface area contributed by atoms with Crippen molar-refractivity contribution in [3.8, 4) is 28.1 Å². The molecule has 0 radical (unpaired) electrons. The van der Waals surface area contributed by atoms with E-state index < -0.39 is 64.6 Å². The highest BCUT2D eigenvalue weighted by Gasteiger charge is 2.66. The number of ether oxygens (including phenoxy) is 2. The van der Waals surface area contributed by atoms with Gasteiger partial charge in [-0.05, 0) is 148 Å². The summed E-state index contributed by atoms with van der Waals surface area (Å²) < 4.78 is 29.9. The quantitative estimate of drug-likeness (QED) is 0.0566. The number of phenolic OH excluding ortho intramolecular Hbond substituents is 1. The van der Waals surface area contributed by atoms with Crippen molar-refractivity contribution in [2.45, 2.75) is 147 Å². The molecule has 4 amide bonds. The maximum absolute atomic E-state index is 15.1. The number of carbonyl (C=O) groups is 5. The van der Waals surface area contributed by atoms with Gasteiger partial charge in [-0.1, -0.05) is 56.5 Å². The Kier molecular flexibility index (Phi) is 16.3. The molecule has 2 unspecified atom stereocenters. The first kappa shape index (κ1) is 56.0. The number of pyridine rings is 1. The number of aryl methyl sites for hydroxylation is 2. The van der Waals surface area contributed by atoms with E-state index in [1.165, 1.54) is 14.8 Å². The summed E-state index contributed by atoms with van der Waals surface area (Å²) in [7, 11) is 4.83. The topological polar surface area (TPSA) is 202 Å². The minimum absolute atomic E-state index is 0.0212. The number of hydrazine groups is 1. The second-order valence-electron chi connectivity index (χ2n) is 23.4. The van der Waals surface area contributed by atoms with E-state index in [9.17, 15) is 24.0 Å². The first-order valence-electron chi connectivity index (χ1n) is 28.1. The van der Waals surface area contributed by atoms with Crippen LogP contribution >= 0.6 is 0 Å². The summed E-state index contributed by atoms with van der Waals surface area (Å²) in [5, 5.41) is 17.0. The number of aromatic hydroxyl groups is 1. The number of amides is 4. The predicted octanol–water partition coefficient (Wildman–Crippen LogP) is 7.42. The average molecular weight is 1100 g/mol. The zero-order chi connectivity index (χ0) is 56.0. The molecule has 4 fully saturated rings. The number of hydrogen-bond donors (Lipinski definition) is 3. The Bertz CT molecular complexity index is 3120. The van der Waals surface area contributed by atoms with E-state index in [2.05, 4.69) is 54.3 Å². The molecule has 3 aliphatic heterocycles. The number of phenols is 1. The van der Waals surface area contributed by atoms with Gasteiger partial charge in [-0.3, -0.25) is 34.0 Å². The zero-order valence-corrected chi connectivity index (χ0v) is 47.6. The number of benzene rings is 3. The summed E-state index contributed by atoms with van der Waals surface area (Å²) in [6.45, 7) is 10.9. The van der Waals surface area contributed by atoms with Gasteiger partial charge < -0.3 is 38.8 Å². The summed E-state index contributed by atoms with van der Waals surface area (Å²) in [5.74, 6) is -2.22. The van der Waals surface area contributed by atoms with Gasteiger partial charge in [0.1, 0.15) is 23.9 Å². The summed E-state index contributed by atoms with van der Waals surface area (Å²) >= 11 is -1.55. The molecule has 6 bridgehead atoms. The summed E-state index contributed by atoms with van der Waals surface area (Å²) in [5.41, 5.74) is 10.5. The van der Waals surface area contributed by atoms with Gasteiger partial charge in [-0.2, -0.15) is 0 Å². The van der Waals surface area contributed by atoms with Gasteiger partial charge in [0.25, 0.3) is 5.91 Å². The summed E-state index contributed by atoms with van der Waals surface area (Å²) in [4.78, 5) is 81.1. The highest BCUT2D eigenvalue weighted by atomic mass is 32.2. The van der Waals surface area contributed by atoms with Crippen LogP contribution in [0.3, 0.4) is 0 Å². The maximum Gasteiger partial charge on any atom is 0.324 e. The molecule has 8 atom stereocenters. The van der Waals surface area contributed by atoms with Crippen LogP contribution in [0.5, 0.6) is 5.75 Å². The number of methoxy groups -OCH3 is 1. The molecule has 3 aromatic carbocycles. The fourth-order valence-corrected chi connectivity index (χ4v) is 13.9. The van der Waals surface area contributed by atoms with Gasteiger partial charge in [-0.25, -0.2) is 5.43 Å². The van der Waals surface area contributed by atoms with Crippen molar-refractivity contribution in [1.82, 2.24) is 39.4 Å². The molecular weight excluding hydrogens is 1020 g/mol. The van der Waals surface area contributed by atoms with Crippen LogP contribution in [0, 0.1) is 24.2 Å². The van der Waals surface area contributed by atoms with Crippen molar-refractivity contribution < 1.29 is 43.1 Å². The smallest absolute Gasteiger partial charge is 0.324 e. The molecule has 2 saturated carbocycles. The van der Waals surface area contributed by atoms with Gasteiger partial charge >= 0.3 is 5.97 Å². The molecule has 17 nitrogen and oxygen atoms in total. The number of nitrogens with zero attached hydrogens (tertiary/aromatic N) is 6. The molecule has 2 aromatic heterocycles. The first-order valence-corrected chi connectivity index (χ1v) is 29.3. The van der Waals surface area contributed by atoms with Crippen LogP contribution in [0.4, 0.5) is 0 Å². The van der Waals surface area contributed by atoms with Gasteiger partial charge in [-0.15, -0.1) is 4.31 Å². The molecule has 2 aliphatic carbocycles. The monoisotopic (exact) mass is 1100 g/mol. The van der Waals surface area contributed by atoms with Gasteiger partial charge in [0.2, 0.25) is 17.7 Å². The third kappa shape index (κ3) is 11.7. The average Bonchev–Trinajstić information content (AvgIpc) is 4.53. The molecule has 0 spiro atoms. The van der Waals surface area contributed by atoms with Crippen molar-refractivity contribution in [2.75, 3.05) is 40.9 Å². The van der Waals surface area contributed by atoms with Crippen LogP contribution in [-0.4, -0.2) is 139 Å². The Morgan fingerprint density at radius 2 is 1.73 bits per heavy atom. The van der Waals surface area contributed by atoms with E-state index in [4.69, 9.17) is 14.5 Å². The molecule has 5 heterocycles. The van der Waals surface area contributed by atoms with E-state index in [0.717, 1.165) is 70.2 Å². The van der Waals surface area contributed by atoms with Crippen molar-refractivity contribution in [1.29, 1.82) is 0 Å². The molecule has 420 valence electrons. The highest BCUT2D eigenvalue weighted by Crippen LogP contribution is 2.50. The highest BCUT2D eigenvalue weighted by molar-refractivity contribution is 7.89. The van der Waals surface area contributed by atoms with Crippen LogP contribution in [0.1, 0.15) is 108 Å². The standard InChI is InChI=1S/C61H76N8O9S/c1-9-67-50-25-22-41-32-46(50)47(55(67)45-16-12-26-62-52(45)37(3)77-8)33-61(4,5)35-78-60(75)48-17-13-27-68(64-48)58(73)49(30-38-28-42(41)31-43(70)29-38)63-57(72)54(39-14-10-11-15-39)66(7)51(71)34-65(6)59(74)56-53(40-20-21-40)69(56)79(76)44-23-18-36(2)19-24-44/h12,16,18-19,22-26,28-29,31-32,37,39-40,48-49,53-54,56,64,70H,9-11,13-15,17,20-21,27,30,33-35H2,1-8H3,(H,63,72)/t37-,48-,49-,53+,54-,56+,69?,79?/m0/s1. The van der Waals surface area contributed by atoms with E-state index in [0.29, 0.717) is 54.7 Å². The lowest BCUT2D eigenvalue weighted by molar-refractivity contribution is -0.155. The third-order valence-electron chi connectivity index (χ3n) is 16.9. The molecular formula is C61H76N8O9S. The van der Waals surface area contributed by atoms with Crippen molar-refractivity contribution in [3.05, 3.63) is 101 Å². The van der Waals surface area contributed by atoms with Crippen molar-refractivity contribution >= 4 is 51.9 Å². The number of aromatic nitrogens is 2. The lowest BCUT2D eigenvalue weighted by atomic mass is 9.84. The molecule has 10 rings (SSSR count). The van der Waals surface area contributed by atoms with Crippen LogP contribution < -0.4 is 10.7 Å². The Morgan fingerprint density at radius 1 is 0.987 bits per heavy atom. The Labute approximate surface area is 466 Å². The lowest BCUT2D eigenvalue weighted by Crippen LogP contribution is -2.62. The van der Waals surface area contributed by atoms with Crippen LogP contribution in [0.15, 0.2) is 83.9 Å².